The summed E-state index contributed by atoms with van der Waals surface area (Å²) in [5.41, 5.74) is 8.95. The van der Waals surface area contributed by atoms with Gasteiger partial charge in [-0.2, -0.15) is 18.2 Å². The molecule has 4 N–H and O–H groups in total. The lowest BCUT2D eigenvalue weighted by molar-refractivity contribution is -0.140. The van der Waals surface area contributed by atoms with Gasteiger partial charge in [0.15, 0.2) is 0 Å². The van der Waals surface area contributed by atoms with Crippen LogP contribution < -0.4 is 15.4 Å². The molecule has 5 aromatic heterocycles. The quantitative estimate of drug-likeness (QED) is 0.0281. The number of fused-ring (bicyclic) bond motifs is 4. The molecule has 0 unspecified atom stereocenters. The summed E-state index contributed by atoms with van der Waals surface area (Å²) in [5.74, 6) is 5.25. The molecule has 1 aliphatic heterocycles. The van der Waals surface area contributed by atoms with E-state index in [2.05, 4.69) is 70.4 Å². The number of alkyl halides is 3. The number of furan rings is 1. The van der Waals surface area contributed by atoms with Crippen molar-refractivity contribution in [3.05, 3.63) is 149 Å². The molecule has 5 aromatic carbocycles. The maximum atomic E-state index is 13.8. The second kappa shape index (κ2) is 27.1. The molecule has 22 heteroatoms. The molecule has 0 radical (unpaired) electrons. The summed E-state index contributed by atoms with van der Waals surface area (Å²) < 4.78 is 80.8. The minimum absolute atomic E-state index is 0.121. The normalized spacial score (nSPS) is 13.3. The van der Waals surface area contributed by atoms with Crippen LogP contribution >= 0.6 is 11.6 Å². The summed E-state index contributed by atoms with van der Waals surface area (Å²) in [6, 6.07) is 32.0. The van der Waals surface area contributed by atoms with Gasteiger partial charge in [0, 0.05) is 83.7 Å². The van der Waals surface area contributed by atoms with Gasteiger partial charge in [0.2, 0.25) is 0 Å². The van der Waals surface area contributed by atoms with Gasteiger partial charge >= 0.3 is 12.1 Å². The van der Waals surface area contributed by atoms with E-state index in [4.69, 9.17) is 39.7 Å². The number of imidazole rings is 1. The van der Waals surface area contributed by atoms with Crippen molar-refractivity contribution in [1.82, 2.24) is 39.0 Å². The summed E-state index contributed by atoms with van der Waals surface area (Å²) in [6.45, 7) is 5.75. The molecule has 6 heterocycles. The van der Waals surface area contributed by atoms with Crippen LogP contribution in [0.25, 0.3) is 54.9 Å². The second-order valence-electron chi connectivity index (χ2n) is 20.8. The Bertz CT molecular complexity index is 3980. The lowest BCUT2D eigenvalue weighted by Gasteiger charge is -2.32. The average molecular weight is 1180 g/mol. The highest BCUT2D eigenvalue weighted by molar-refractivity contribution is 6.34. The van der Waals surface area contributed by atoms with Crippen molar-refractivity contribution in [1.29, 1.82) is 0 Å². The molecule has 18 nitrogen and oxygen atoms in total. The summed E-state index contributed by atoms with van der Waals surface area (Å²) in [4.78, 5) is 22.5. The number of carboxylic acids is 1. The molecule has 1 aliphatic rings. The fourth-order valence-electron chi connectivity index (χ4n) is 10.6. The number of hydrogen-bond acceptors (Lipinski definition) is 13. The zero-order valence-corrected chi connectivity index (χ0v) is 47.6. The van der Waals surface area contributed by atoms with E-state index in [0.29, 0.717) is 116 Å². The number of nitrogens with one attached hydrogen (secondary N) is 3. The first kappa shape index (κ1) is 58.4. The zero-order chi connectivity index (χ0) is 58.7. The number of anilines is 2. The Labute approximate surface area is 492 Å². The molecular formula is C63H64ClF3N10O8. The second-order valence-corrected chi connectivity index (χ2v) is 21.2. The van der Waals surface area contributed by atoms with Gasteiger partial charge in [-0.1, -0.05) is 40.9 Å². The van der Waals surface area contributed by atoms with Crippen molar-refractivity contribution in [2.75, 3.05) is 89.7 Å². The van der Waals surface area contributed by atoms with E-state index in [1.54, 1.807) is 41.3 Å². The number of ether oxygens (including phenoxy) is 5. The Kier molecular flexibility index (Phi) is 18.6. The molecule has 0 atom stereocenters. The van der Waals surface area contributed by atoms with Crippen LogP contribution in [0.5, 0.6) is 11.8 Å². The minimum atomic E-state index is -4.41. The number of benzene rings is 5. The van der Waals surface area contributed by atoms with Crippen LogP contribution in [-0.4, -0.2) is 141 Å². The molecule has 0 aliphatic carbocycles. The summed E-state index contributed by atoms with van der Waals surface area (Å²) in [7, 11) is 2.01. The molecule has 85 heavy (non-hydrogen) atoms. The molecule has 11 rings (SSSR count). The number of rotatable bonds is 27. The van der Waals surface area contributed by atoms with Gasteiger partial charge < -0.3 is 62.9 Å². The smallest absolute Gasteiger partial charge is 0.406 e. The predicted molar refractivity (Wildman–Crippen MR) is 320 cm³/mol. The van der Waals surface area contributed by atoms with Crippen LogP contribution in [0.3, 0.4) is 0 Å². The summed E-state index contributed by atoms with van der Waals surface area (Å²) in [5, 5.41) is 28.8. The van der Waals surface area contributed by atoms with E-state index >= 15 is 0 Å². The first-order valence-electron chi connectivity index (χ1n) is 28.2. The zero-order valence-electron chi connectivity index (χ0n) is 46.8. The van der Waals surface area contributed by atoms with Crippen molar-refractivity contribution in [2.45, 2.75) is 51.0 Å². The Morgan fingerprint density at radius 3 is 2.42 bits per heavy atom. The predicted octanol–water partition coefficient (Wildman–Crippen LogP) is 11.6. The molecule has 1 fully saturated rings. The standard InChI is InChI=1S/C63H64ClF3N10O8/c1-74-20-15-44-34-43(9-13-58(44)74)51-38-56-57(39-54(51)64)71-62(70-56)85-50-12-8-42(52(37-50)61(78)79)7-10-48-40-76(73-72-48)24-27-81-29-31-83-33-32-82-30-28-80-26-23-75-21-16-46(17-22-75)69-55-5-2-6-59-53(55)36-49(77(59)41-63(65,66)67)4-3-19-68-47-11-14-60-45(35-47)18-25-84-60/h2,5-6,8-9,11-15,18,20,25,34-40,46,68-69H,7,10,16-17,19,21-24,26-33,41H2,1H3,(H,70,71)(H,78,79). The molecule has 0 saturated carbocycles. The lowest BCUT2D eigenvalue weighted by atomic mass is 10.0. The minimum Gasteiger partial charge on any atom is -0.478 e. The number of hydrogen-bond donors (Lipinski definition) is 4. The van der Waals surface area contributed by atoms with Crippen molar-refractivity contribution in [3.8, 4) is 34.7 Å². The maximum Gasteiger partial charge on any atom is 0.406 e. The number of halogens is 4. The highest BCUT2D eigenvalue weighted by Gasteiger charge is 2.30. The van der Waals surface area contributed by atoms with Crippen LogP contribution in [0.4, 0.5) is 24.5 Å². The fourth-order valence-corrected chi connectivity index (χ4v) is 10.8. The van der Waals surface area contributed by atoms with E-state index in [0.717, 1.165) is 82.5 Å². The summed E-state index contributed by atoms with van der Waals surface area (Å²) >= 11 is 6.73. The van der Waals surface area contributed by atoms with Crippen molar-refractivity contribution < 1.29 is 51.2 Å². The van der Waals surface area contributed by atoms with Crippen LogP contribution in [-0.2, 0) is 51.9 Å². The Hall–Kier alpha value is -8.36. The monoisotopic (exact) mass is 1180 g/mol. The Balaban J connectivity index is 0.527. The molecule has 1 saturated heterocycles. The Morgan fingerprint density at radius 2 is 1.64 bits per heavy atom. The number of aromatic amines is 1. The number of piperidine rings is 1. The van der Waals surface area contributed by atoms with Gasteiger partial charge in [0.25, 0.3) is 6.01 Å². The number of H-pyrrole nitrogens is 1. The number of carbonyl (C=O) groups is 1. The van der Waals surface area contributed by atoms with Crippen LogP contribution in [0.1, 0.15) is 40.2 Å². The van der Waals surface area contributed by atoms with Gasteiger partial charge in [0.05, 0.1) is 111 Å². The van der Waals surface area contributed by atoms with Crippen molar-refractivity contribution in [3.63, 3.8) is 0 Å². The van der Waals surface area contributed by atoms with Gasteiger partial charge in [0.1, 0.15) is 17.9 Å². The number of nitrogens with zero attached hydrogens (tertiary/aromatic N) is 7. The highest BCUT2D eigenvalue weighted by Crippen LogP contribution is 2.36. The molecule has 10 aromatic rings. The van der Waals surface area contributed by atoms with Gasteiger partial charge in [-0.25, -0.2) is 9.48 Å². The fraction of sp³-hybridized carbons (Fsp3) is 0.333. The largest absolute Gasteiger partial charge is 0.478 e. The lowest BCUT2D eigenvalue weighted by Crippen LogP contribution is -2.40. The van der Waals surface area contributed by atoms with E-state index in [1.807, 2.05) is 68.0 Å². The topological polar surface area (TPSA) is 193 Å². The van der Waals surface area contributed by atoms with Crippen molar-refractivity contribution >= 4 is 72.8 Å². The van der Waals surface area contributed by atoms with Gasteiger partial charge in [-0.15, -0.1) is 5.10 Å². The van der Waals surface area contributed by atoms with Gasteiger partial charge in [-0.05, 0) is 128 Å². The molecular weight excluding hydrogens is 1120 g/mol. The Morgan fingerprint density at radius 1 is 0.847 bits per heavy atom. The SMILES string of the molecule is Cn1ccc2cc(-c3cc4nc(Oc5ccc(CCc6cn(CCOCCOCCOCCOCCN7CCC(Nc8cccc9c8cc(C#CCNc8ccc%10occc%10c8)n9CC(F)(F)F)CC7)nn6)c(C(=O)O)c5)[nH]c4cc3Cl)ccc21. The van der Waals surface area contributed by atoms with Crippen LogP contribution in [0.15, 0.2) is 126 Å². The third kappa shape index (κ3) is 15.1. The van der Waals surface area contributed by atoms with E-state index in [9.17, 15) is 23.1 Å². The number of likely N-dealkylation sites (tertiary alicyclic amines) is 1. The van der Waals surface area contributed by atoms with Crippen LogP contribution in [0, 0.1) is 11.8 Å². The summed E-state index contributed by atoms with van der Waals surface area (Å²) in [6.07, 6.45) is 3.74. The third-order valence-electron chi connectivity index (χ3n) is 14.9. The van der Waals surface area contributed by atoms with Gasteiger partial charge in [-0.3, -0.25) is 0 Å². The van der Waals surface area contributed by atoms with Crippen molar-refractivity contribution in [2.24, 2.45) is 7.05 Å². The third-order valence-corrected chi connectivity index (χ3v) is 15.2. The highest BCUT2D eigenvalue weighted by atomic mass is 35.5. The average Bonchev–Trinajstić information content (AvgIpc) is 3.94. The number of aryl methyl sites for hydroxylation is 3. The number of aromatic carboxylic acids is 1. The first-order chi connectivity index (χ1) is 41.4. The number of aromatic nitrogens is 7. The first-order valence-corrected chi connectivity index (χ1v) is 28.6. The molecule has 0 bridgehead atoms. The van der Waals surface area contributed by atoms with E-state index in [-0.39, 0.29) is 24.2 Å². The molecule has 0 spiro atoms. The van der Waals surface area contributed by atoms with E-state index < -0.39 is 18.7 Å². The molecule has 0 amide bonds. The molecule has 442 valence electrons. The van der Waals surface area contributed by atoms with Crippen LogP contribution in [0.2, 0.25) is 5.02 Å². The maximum absolute atomic E-state index is 13.8. The van der Waals surface area contributed by atoms with E-state index in [1.165, 1.54) is 10.6 Å². The number of carboxylic acid groups (broad SMARTS) is 1.